The molecular formula is C38H37F3N2O7. The van der Waals surface area contributed by atoms with Gasteiger partial charge in [-0.25, -0.2) is 0 Å². The number of likely N-dealkylation sites (tertiary alicyclic amines) is 1. The number of rotatable bonds is 12. The van der Waals surface area contributed by atoms with Gasteiger partial charge in [0.1, 0.15) is 12.4 Å². The highest BCUT2D eigenvalue weighted by Crippen LogP contribution is 2.48. The summed E-state index contributed by atoms with van der Waals surface area (Å²) in [7, 11) is 0. The number of hydrogen-bond acceptors (Lipinski definition) is 7. The number of aryl methyl sites for hydroxylation is 2. The van der Waals surface area contributed by atoms with Crippen LogP contribution in [0.4, 0.5) is 13.2 Å². The maximum Gasteiger partial charge on any atom is 0.522 e. The van der Waals surface area contributed by atoms with E-state index < -0.39 is 42.9 Å². The van der Waals surface area contributed by atoms with Crippen molar-refractivity contribution in [3.8, 4) is 17.2 Å². The van der Waals surface area contributed by atoms with Crippen LogP contribution in [-0.4, -0.2) is 61.3 Å². The third kappa shape index (κ3) is 7.87. The topological polar surface area (TPSA) is 107 Å². The molecule has 4 aromatic carbocycles. The average Bonchev–Trinajstić information content (AvgIpc) is 3.71. The molecular weight excluding hydrogens is 653 g/mol. The van der Waals surface area contributed by atoms with E-state index in [2.05, 4.69) is 10.1 Å². The van der Waals surface area contributed by atoms with E-state index in [0.717, 1.165) is 27.8 Å². The van der Waals surface area contributed by atoms with Crippen LogP contribution in [-0.2, 0) is 14.3 Å². The summed E-state index contributed by atoms with van der Waals surface area (Å²) in [5.74, 6) is -1.41. The van der Waals surface area contributed by atoms with Crippen molar-refractivity contribution in [3.05, 3.63) is 124 Å². The standard InChI is InChI=1S/C38H37F3N2O7/c1-23-7-3-5-9-28(23)35(29-10-6-4-8-24(29)2)42-33(44)21-43-20-30(26-13-16-31-32(19-26)49-22-48-31)34(37(45)46)36(43)25-11-14-27(15-12-25)47-17-18-50-38(39,40)41/h3-16,19,30,34-36H,17-18,20-22H2,1-2H3,(H,42,44)(H,45,46)/t30-,34-,36+/m1/s1. The molecule has 2 N–H and O–H groups in total. The van der Waals surface area contributed by atoms with E-state index in [-0.39, 0.29) is 32.4 Å². The van der Waals surface area contributed by atoms with Crippen molar-refractivity contribution < 1.29 is 46.8 Å². The number of carbonyl (C=O) groups excluding carboxylic acids is 1. The summed E-state index contributed by atoms with van der Waals surface area (Å²) >= 11 is 0. The normalized spacial score (nSPS) is 18.7. The van der Waals surface area contributed by atoms with Crippen molar-refractivity contribution in [3.63, 3.8) is 0 Å². The molecule has 2 aliphatic rings. The van der Waals surface area contributed by atoms with Gasteiger partial charge < -0.3 is 24.6 Å². The lowest BCUT2D eigenvalue weighted by molar-refractivity contribution is -0.325. The fourth-order valence-corrected chi connectivity index (χ4v) is 6.89. The van der Waals surface area contributed by atoms with Crippen LogP contribution in [0.3, 0.4) is 0 Å². The molecule has 0 aromatic heterocycles. The van der Waals surface area contributed by atoms with E-state index in [9.17, 15) is 27.9 Å². The Bertz CT molecular complexity index is 1790. The number of nitrogens with zero attached hydrogens (tertiary/aromatic N) is 1. The van der Waals surface area contributed by atoms with Gasteiger partial charge in [-0.05, 0) is 71.5 Å². The Labute approximate surface area is 287 Å². The van der Waals surface area contributed by atoms with E-state index in [0.29, 0.717) is 22.8 Å². The zero-order chi connectivity index (χ0) is 35.4. The Balaban J connectivity index is 1.29. The summed E-state index contributed by atoms with van der Waals surface area (Å²) in [5.41, 5.74) is 5.28. The fraction of sp³-hybridized carbons (Fsp3) is 0.316. The molecule has 1 amide bonds. The minimum atomic E-state index is -4.76. The molecule has 4 aromatic rings. The number of nitrogens with one attached hydrogen (secondary N) is 1. The number of benzene rings is 4. The number of hydrogen-bond donors (Lipinski definition) is 2. The van der Waals surface area contributed by atoms with E-state index in [1.165, 1.54) is 0 Å². The van der Waals surface area contributed by atoms with Gasteiger partial charge in [-0.3, -0.25) is 19.2 Å². The van der Waals surface area contributed by atoms with Gasteiger partial charge >= 0.3 is 12.3 Å². The van der Waals surface area contributed by atoms with Gasteiger partial charge in [0, 0.05) is 18.5 Å². The molecule has 3 atom stereocenters. The molecule has 1 fully saturated rings. The maximum absolute atomic E-state index is 14.1. The number of amides is 1. The van der Waals surface area contributed by atoms with Crippen LogP contribution >= 0.6 is 0 Å². The molecule has 0 spiro atoms. The molecule has 12 heteroatoms. The second-order valence-corrected chi connectivity index (χ2v) is 12.4. The molecule has 0 bridgehead atoms. The zero-order valence-electron chi connectivity index (χ0n) is 27.5. The molecule has 0 unspecified atom stereocenters. The number of carbonyl (C=O) groups is 2. The first-order valence-electron chi connectivity index (χ1n) is 16.2. The summed E-state index contributed by atoms with van der Waals surface area (Å²) in [6.45, 7) is 3.20. The first kappa shape index (κ1) is 34.8. The van der Waals surface area contributed by atoms with Gasteiger partial charge in [-0.15, -0.1) is 13.2 Å². The first-order valence-corrected chi connectivity index (χ1v) is 16.2. The lowest BCUT2D eigenvalue weighted by atomic mass is 9.82. The predicted molar refractivity (Wildman–Crippen MR) is 177 cm³/mol. The van der Waals surface area contributed by atoms with Crippen molar-refractivity contribution in [2.75, 3.05) is 33.1 Å². The number of carboxylic acids is 1. The minimum absolute atomic E-state index is 0.0699. The second kappa shape index (κ2) is 14.8. The zero-order valence-corrected chi connectivity index (χ0v) is 27.5. The lowest BCUT2D eigenvalue weighted by Gasteiger charge is -2.29. The minimum Gasteiger partial charge on any atom is -0.491 e. The number of ether oxygens (including phenoxy) is 4. The van der Waals surface area contributed by atoms with Crippen LogP contribution in [0, 0.1) is 19.8 Å². The Morgan fingerprint density at radius 2 is 1.50 bits per heavy atom. The number of fused-ring (bicyclic) bond motifs is 1. The van der Waals surface area contributed by atoms with Crippen LogP contribution in [0.5, 0.6) is 17.2 Å². The summed E-state index contributed by atoms with van der Waals surface area (Å²) in [5, 5.41) is 13.9. The van der Waals surface area contributed by atoms with Crippen molar-refractivity contribution in [1.29, 1.82) is 0 Å². The summed E-state index contributed by atoms with van der Waals surface area (Å²) in [4.78, 5) is 29.0. The Hall–Kier alpha value is -5.07. The highest BCUT2D eigenvalue weighted by atomic mass is 19.4. The van der Waals surface area contributed by atoms with Gasteiger partial charge in [0.2, 0.25) is 12.7 Å². The van der Waals surface area contributed by atoms with Gasteiger partial charge in [0.25, 0.3) is 0 Å². The smallest absolute Gasteiger partial charge is 0.491 e. The Morgan fingerprint density at radius 1 is 0.880 bits per heavy atom. The SMILES string of the molecule is Cc1ccccc1C(NC(=O)CN1C[C@H](c2ccc3c(c2)OCO3)[C@@H](C(=O)O)[C@@H]1c1ccc(OCCOC(F)(F)F)cc1)c1ccccc1C. The molecule has 262 valence electrons. The molecule has 2 aliphatic heterocycles. The molecule has 0 radical (unpaired) electrons. The van der Waals surface area contributed by atoms with Crippen molar-refractivity contribution in [2.45, 2.75) is 38.2 Å². The molecule has 50 heavy (non-hydrogen) atoms. The molecule has 0 saturated carbocycles. The van der Waals surface area contributed by atoms with E-state index in [4.69, 9.17) is 14.2 Å². The number of halogens is 3. The number of aliphatic carboxylic acids is 1. The van der Waals surface area contributed by atoms with Crippen molar-refractivity contribution in [1.82, 2.24) is 10.2 Å². The van der Waals surface area contributed by atoms with Crippen LogP contribution in [0.1, 0.15) is 51.4 Å². The molecule has 6 rings (SSSR count). The van der Waals surface area contributed by atoms with Crippen molar-refractivity contribution >= 4 is 11.9 Å². The number of alkyl halides is 3. The highest BCUT2D eigenvalue weighted by molar-refractivity contribution is 5.80. The second-order valence-electron chi connectivity index (χ2n) is 12.4. The fourth-order valence-electron chi connectivity index (χ4n) is 6.89. The predicted octanol–water partition coefficient (Wildman–Crippen LogP) is 6.69. The lowest BCUT2D eigenvalue weighted by Crippen LogP contribution is -2.40. The maximum atomic E-state index is 14.1. The molecule has 1 saturated heterocycles. The van der Waals surface area contributed by atoms with Crippen LogP contribution in [0.25, 0.3) is 0 Å². The molecule has 9 nitrogen and oxygen atoms in total. The largest absolute Gasteiger partial charge is 0.522 e. The summed E-state index contributed by atoms with van der Waals surface area (Å²) in [6, 6.07) is 26.4. The highest BCUT2D eigenvalue weighted by Gasteiger charge is 2.48. The summed E-state index contributed by atoms with van der Waals surface area (Å²) in [6.07, 6.45) is -4.76. The molecule has 2 heterocycles. The van der Waals surface area contributed by atoms with Crippen molar-refractivity contribution in [2.24, 2.45) is 5.92 Å². The third-order valence-corrected chi connectivity index (χ3v) is 9.20. The van der Waals surface area contributed by atoms with Gasteiger partial charge in [-0.1, -0.05) is 66.7 Å². The van der Waals surface area contributed by atoms with E-state index in [1.54, 1.807) is 36.4 Å². The van der Waals surface area contributed by atoms with Gasteiger partial charge in [0.05, 0.1) is 25.1 Å². The van der Waals surface area contributed by atoms with Gasteiger partial charge in [-0.2, -0.15) is 0 Å². The van der Waals surface area contributed by atoms with E-state index >= 15 is 0 Å². The monoisotopic (exact) mass is 690 g/mol. The Morgan fingerprint density at radius 3 is 2.12 bits per heavy atom. The van der Waals surface area contributed by atoms with Crippen LogP contribution in [0.2, 0.25) is 0 Å². The van der Waals surface area contributed by atoms with Gasteiger partial charge in [0.15, 0.2) is 11.5 Å². The van der Waals surface area contributed by atoms with Crippen LogP contribution in [0.15, 0.2) is 91.0 Å². The quantitative estimate of drug-likeness (QED) is 0.159. The average molecular weight is 691 g/mol. The van der Waals surface area contributed by atoms with E-state index in [1.807, 2.05) is 73.3 Å². The number of carboxylic acid groups (broad SMARTS) is 1. The molecule has 0 aliphatic carbocycles. The third-order valence-electron chi connectivity index (χ3n) is 9.20. The van der Waals surface area contributed by atoms with Crippen LogP contribution < -0.4 is 19.5 Å². The Kier molecular flexibility index (Phi) is 10.3. The summed E-state index contributed by atoms with van der Waals surface area (Å²) < 4.78 is 57.3. The first-order chi connectivity index (χ1) is 24.0.